The van der Waals surface area contributed by atoms with Crippen molar-refractivity contribution in [2.75, 3.05) is 18.4 Å². The van der Waals surface area contributed by atoms with E-state index in [4.69, 9.17) is 5.73 Å². The van der Waals surface area contributed by atoms with Gasteiger partial charge < -0.3 is 11.1 Å². The van der Waals surface area contributed by atoms with Crippen LogP contribution in [-0.2, 0) is 19.6 Å². The van der Waals surface area contributed by atoms with Gasteiger partial charge in [0.1, 0.15) is 0 Å². The van der Waals surface area contributed by atoms with E-state index >= 15 is 0 Å². The molecule has 0 aromatic carbocycles. The summed E-state index contributed by atoms with van der Waals surface area (Å²) in [6, 6.07) is 0. The van der Waals surface area contributed by atoms with Crippen molar-refractivity contribution in [1.29, 1.82) is 0 Å². The minimum Gasteiger partial charge on any atom is -0.369 e. The number of hydrogen-bond acceptors (Lipinski definition) is 6. The molecule has 0 saturated heterocycles. The summed E-state index contributed by atoms with van der Waals surface area (Å²) in [6.45, 7) is 4.93. The number of carbonyl (C=O) groups is 2. The van der Waals surface area contributed by atoms with Crippen LogP contribution in [0.15, 0.2) is 4.21 Å². The molecule has 0 radical (unpaired) electrons. The van der Waals surface area contributed by atoms with E-state index in [1.165, 1.54) is 32.6 Å². The molecule has 28 heavy (non-hydrogen) atoms. The second kappa shape index (κ2) is 12.1. The zero-order valence-electron chi connectivity index (χ0n) is 17.0. The molecule has 2 amide bonds. The van der Waals surface area contributed by atoms with Gasteiger partial charge in [-0.2, -0.15) is 4.31 Å². The number of unbranched alkanes of at least 4 members (excludes halogenated alkanes) is 7. The van der Waals surface area contributed by atoms with E-state index in [1.807, 2.05) is 0 Å². The first kappa shape index (κ1) is 24.5. The van der Waals surface area contributed by atoms with Crippen molar-refractivity contribution < 1.29 is 18.0 Å². The molecule has 8 nitrogen and oxygen atoms in total. The Hall–Kier alpha value is -1.52. The summed E-state index contributed by atoms with van der Waals surface area (Å²) in [5.74, 6) is -1.03. The largest absolute Gasteiger partial charge is 0.369 e. The van der Waals surface area contributed by atoms with Gasteiger partial charge >= 0.3 is 0 Å². The fraction of sp³-hybridized carbons (Fsp3) is 0.722. The number of amides is 2. The van der Waals surface area contributed by atoms with E-state index in [9.17, 15) is 18.0 Å². The first-order chi connectivity index (χ1) is 13.2. The van der Waals surface area contributed by atoms with Crippen LogP contribution in [0.25, 0.3) is 0 Å². The van der Waals surface area contributed by atoms with Crippen molar-refractivity contribution in [3.05, 3.63) is 5.69 Å². The standard InChI is InChI=1S/C18H32N4O4S2/c1-4-5-6-7-8-9-10-11-12-22(13-16(19)24)28(25,26)17-14(2)20-18(27-17)21-15(3)23/h4-13H2,1-3H3,(H2,19,24)(H,20,21,23). The van der Waals surface area contributed by atoms with Crippen molar-refractivity contribution >= 4 is 38.3 Å². The fourth-order valence-electron chi connectivity index (χ4n) is 2.82. The van der Waals surface area contributed by atoms with E-state index in [1.54, 1.807) is 6.92 Å². The van der Waals surface area contributed by atoms with Crippen LogP contribution in [-0.4, -0.2) is 42.6 Å². The minimum absolute atomic E-state index is 0.0251. The molecular formula is C18H32N4O4S2. The zero-order valence-corrected chi connectivity index (χ0v) is 18.6. The van der Waals surface area contributed by atoms with E-state index in [0.717, 1.165) is 34.9 Å². The van der Waals surface area contributed by atoms with Crippen LogP contribution in [0.4, 0.5) is 5.13 Å². The first-order valence-corrected chi connectivity index (χ1v) is 12.0. The number of anilines is 1. The van der Waals surface area contributed by atoms with Crippen molar-refractivity contribution in [3.8, 4) is 0 Å². The van der Waals surface area contributed by atoms with Crippen LogP contribution in [0, 0.1) is 6.92 Å². The Morgan fingerprint density at radius 1 is 1.11 bits per heavy atom. The number of rotatable bonds is 14. The lowest BCUT2D eigenvalue weighted by atomic mass is 10.1. The topological polar surface area (TPSA) is 122 Å². The normalized spacial score (nSPS) is 11.7. The number of hydrogen-bond donors (Lipinski definition) is 2. The van der Waals surface area contributed by atoms with Gasteiger partial charge in [0, 0.05) is 13.5 Å². The highest BCUT2D eigenvalue weighted by molar-refractivity contribution is 7.91. The van der Waals surface area contributed by atoms with Crippen LogP contribution in [0.2, 0.25) is 0 Å². The number of aromatic nitrogens is 1. The van der Waals surface area contributed by atoms with E-state index in [-0.39, 0.29) is 28.3 Å². The Kier molecular flexibility index (Phi) is 10.6. The number of sulfonamides is 1. The maximum absolute atomic E-state index is 13.0. The number of aryl methyl sites for hydroxylation is 1. The SMILES string of the molecule is CCCCCCCCCCN(CC(N)=O)S(=O)(=O)c1sc(NC(C)=O)nc1C. The van der Waals surface area contributed by atoms with Gasteiger partial charge in [-0.15, -0.1) is 0 Å². The third kappa shape index (κ3) is 8.24. The number of carbonyl (C=O) groups excluding carboxylic acids is 2. The second-order valence-corrected chi connectivity index (χ2v) is 9.99. The molecule has 0 aliphatic carbocycles. The molecule has 1 aromatic heterocycles. The highest BCUT2D eigenvalue weighted by atomic mass is 32.2. The monoisotopic (exact) mass is 432 g/mol. The molecule has 0 atom stereocenters. The zero-order chi connectivity index (χ0) is 21.2. The maximum Gasteiger partial charge on any atom is 0.254 e. The predicted octanol–water partition coefficient (Wildman–Crippen LogP) is 3.03. The van der Waals surface area contributed by atoms with E-state index in [2.05, 4.69) is 17.2 Å². The quantitative estimate of drug-likeness (QED) is 0.438. The molecule has 1 heterocycles. The summed E-state index contributed by atoms with van der Waals surface area (Å²) in [5, 5.41) is 2.71. The summed E-state index contributed by atoms with van der Waals surface area (Å²) < 4.78 is 27.1. The summed E-state index contributed by atoms with van der Waals surface area (Å²) in [6.07, 6.45) is 8.63. The van der Waals surface area contributed by atoms with Crippen LogP contribution in [0.5, 0.6) is 0 Å². The van der Waals surface area contributed by atoms with Gasteiger partial charge in [-0.1, -0.05) is 63.2 Å². The van der Waals surface area contributed by atoms with Crippen LogP contribution >= 0.6 is 11.3 Å². The highest BCUT2D eigenvalue weighted by Crippen LogP contribution is 2.30. The number of nitrogens with one attached hydrogen (secondary N) is 1. The molecule has 0 saturated carbocycles. The molecule has 160 valence electrons. The Bertz CT molecular complexity index is 747. The van der Waals surface area contributed by atoms with Crippen LogP contribution in [0.1, 0.15) is 70.9 Å². The van der Waals surface area contributed by atoms with Gasteiger partial charge in [0.05, 0.1) is 12.2 Å². The lowest BCUT2D eigenvalue weighted by molar-refractivity contribution is -0.118. The first-order valence-electron chi connectivity index (χ1n) is 9.72. The maximum atomic E-state index is 13.0. The third-order valence-electron chi connectivity index (χ3n) is 4.20. The van der Waals surface area contributed by atoms with Crippen LogP contribution < -0.4 is 11.1 Å². The lowest BCUT2D eigenvalue weighted by Crippen LogP contribution is -2.39. The number of nitrogens with zero attached hydrogens (tertiary/aromatic N) is 2. The average Bonchev–Trinajstić information content (AvgIpc) is 2.96. The van der Waals surface area contributed by atoms with E-state index < -0.39 is 15.9 Å². The molecular weight excluding hydrogens is 400 g/mol. The van der Waals surface area contributed by atoms with Crippen molar-refractivity contribution in [1.82, 2.24) is 9.29 Å². The van der Waals surface area contributed by atoms with Gasteiger partial charge in [-0.05, 0) is 13.3 Å². The summed E-state index contributed by atoms with van der Waals surface area (Å²) >= 11 is 0.880. The van der Waals surface area contributed by atoms with Crippen molar-refractivity contribution in [3.63, 3.8) is 0 Å². The van der Waals surface area contributed by atoms with Gasteiger partial charge in [0.2, 0.25) is 11.8 Å². The molecule has 0 fully saturated rings. The second-order valence-electron chi connectivity index (χ2n) is 6.85. The van der Waals surface area contributed by atoms with Gasteiger partial charge in [0.25, 0.3) is 10.0 Å². The van der Waals surface area contributed by atoms with E-state index in [0.29, 0.717) is 12.1 Å². The Balaban J connectivity index is 2.73. The number of nitrogens with two attached hydrogens (primary N) is 1. The van der Waals surface area contributed by atoms with Crippen molar-refractivity contribution in [2.24, 2.45) is 5.73 Å². The predicted molar refractivity (Wildman–Crippen MR) is 112 cm³/mol. The fourth-order valence-corrected chi connectivity index (χ4v) is 5.86. The average molecular weight is 433 g/mol. The Morgan fingerprint density at radius 2 is 1.68 bits per heavy atom. The number of thiazole rings is 1. The minimum atomic E-state index is -3.91. The van der Waals surface area contributed by atoms with Gasteiger partial charge in [-0.25, -0.2) is 13.4 Å². The van der Waals surface area contributed by atoms with Crippen LogP contribution in [0.3, 0.4) is 0 Å². The molecule has 0 unspecified atom stereocenters. The molecule has 10 heteroatoms. The van der Waals surface area contributed by atoms with Gasteiger partial charge in [0.15, 0.2) is 9.34 Å². The molecule has 3 N–H and O–H groups in total. The molecule has 0 spiro atoms. The number of primary amides is 1. The van der Waals surface area contributed by atoms with Gasteiger partial charge in [-0.3, -0.25) is 9.59 Å². The summed E-state index contributed by atoms with van der Waals surface area (Å²) in [4.78, 5) is 26.7. The molecule has 0 aliphatic rings. The molecule has 1 aromatic rings. The summed E-state index contributed by atoms with van der Waals surface area (Å²) in [7, 11) is -3.91. The molecule has 1 rings (SSSR count). The Morgan fingerprint density at radius 3 is 2.21 bits per heavy atom. The highest BCUT2D eigenvalue weighted by Gasteiger charge is 2.30. The Labute approximate surface area is 171 Å². The lowest BCUT2D eigenvalue weighted by Gasteiger charge is -2.20. The smallest absolute Gasteiger partial charge is 0.254 e. The third-order valence-corrected chi connectivity index (χ3v) is 7.71. The summed E-state index contributed by atoms with van der Waals surface area (Å²) in [5.41, 5.74) is 5.55. The molecule has 0 bridgehead atoms. The van der Waals surface area contributed by atoms with Crippen molar-refractivity contribution in [2.45, 2.75) is 76.3 Å². The molecule has 0 aliphatic heterocycles.